The number of para-hydroxylation sites is 2. The van der Waals surface area contributed by atoms with Gasteiger partial charge in [-0.05, 0) is 48.9 Å². The first-order valence-corrected chi connectivity index (χ1v) is 8.71. The Kier molecular flexibility index (Phi) is 6.06. The summed E-state index contributed by atoms with van der Waals surface area (Å²) in [6, 6.07) is 15.6. The number of hydrogen-bond donors (Lipinski definition) is 1. The molecule has 0 saturated carbocycles. The van der Waals surface area contributed by atoms with Crippen molar-refractivity contribution in [3.05, 3.63) is 94.2 Å². The maximum absolute atomic E-state index is 13.0. The van der Waals surface area contributed by atoms with Crippen LogP contribution in [-0.4, -0.2) is 17.2 Å². The van der Waals surface area contributed by atoms with E-state index in [2.05, 4.69) is 5.32 Å². The molecular formula is C21H19FN2O4. The third kappa shape index (κ3) is 4.56. The summed E-state index contributed by atoms with van der Waals surface area (Å²) in [6.45, 7) is 2.34. The van der Waals surface area contributed by atoms with Crippen LogP contribution in [0, 0.1) is 5.82 Å². The van der Waals surface area contributed by atoms with E-state index >= 15 is 0 Å². The van der Waals surface area contributed by atoms with Gasteiger partial charge in [0.1, 0.15) is 23.7 Å². The van der Waals surface area contributed by atoms with E-state index in [1.54, 1.807) is 36.4 Å². The van der Waals surface area contributed by atoms with Crippen molar-refractivity contribution < 1.29 is 18.8 Å². The van der Waals surface area contributed by atoms with E-state index in [0.717, 1.165) is 4.73 Å². The van der Waals surface area contributed by atoms with Crippen LogP contribution in [0.15, 0.2) is 71.7 Å². The Hall–Kier alpha value is -3.61. The van der Waals surface area contributed by atoms with Crippen molar-refractivity contribution in [1.82, 2.24) is 4.73 Å². The fourth-order valence-electron chi connectivity index (χ4n) is 2.52. The SMILES string of the molecule is CCOc1ccccc1NC(=O)c1cccn(OCc2ccc(F)cc2)c1=O. The molecule has 1 heterocycles. The lowest BCUT2D eigenvalue weighted by Gasteiger charge is -2.12. The van der Waals surface area contributed by atoms with Crippen LogP contribution in [0.5, 0.6) is 5.75 Å². The minimum atomic E-state index is -0.601. The van der Waals surface area contributed by atoms with Crippen LogP contribution >= 0.6 is 0 Å². The van der Waals surface area contributed by atoms with Gasteiger partial charge in [-0.1, -0.05) is 24.3 Å². The summed E-state index contributed by atoms with van der Waals surface area (Å²) in [5.74, 6) is -0.411. The Balaban J connectivity index is 1.76. The summed E-state index contributed by atoms with van der Waals surface area (Å²) in [5.41, 5.74) is 0.481. The van der Waals surface area contributed by atoms with E-state index in [4.69, 9.17) is 9.57 Å². The van der Waals surface area contributed by atoms with Crippen molar-refractivity contribution in [2.75, 3.05) is 11.9 Å². The smallest absolute Gasteiger partial charge is 0.295 e. The number of rotatable bonds is 7. The minimum Gasteiger partial charge on any atom is -0.492 e. The second-order valence-corrected chi connectivity index (χ2v) is 5.84. The van der Waals surface area contributed by atoms with Gasteiger partial charge in [-0.3, -0.25) is 9.59 Å². The summed E-state index contributed by atoms with van der Waals surface area (Å²) in [7, 11) is 0. The summed E-state index contributed by atoms with van der Waals surface area (Å²) in [5, 5.41) is 2.69. The zero-order valence-corrected chi connectivity index (χ0v) is 15.2. The molecule has 0 fully saturated rings. The van der Waals surface area contributed by atoms with Crippen LogP contribution in [0.3, 0.4) is 0 Å². The maximum atomic E-state index is 13.0. The molecule has 7 heteroatoms. The van der Waals surface area contributed by atoms with Gasteiger partial charge in [0.2, 0.25) is 0 Å². The number of halogens is 1. The Morgan fingerprint density at radius 1 is 1.07 bits per heavy atom. The number of carbonyl (C=O) groups is 1. The highest BCUT2D eigenvalue weighted by Gasteiger charge is 2.15. The summed E-state index contributed by atoms with van der Waals surface area (Å²) in [4.78, 5) is 30.6. The molecule has 0 saturated heterocycles. The van der Waals surface area contributed by atoms with Gasteiger partial charge in [-0.15, -0.1) is 0 Å². The maximum Gasteiger partial charge on any atom is 0.295 e. The molecular weight excluding hydrogens is 363 g/mol. The average molecular weight is 382 g/mol. The van der Waals surface area contributed by atoms with Crippen LogP contribution in [0.4, 0.5) is 10.1 Å². The molecule has 0 spiro atoms. The molecule has 0 aliphatic rings. The average Bonchev–Trinajstić information content (AvgIpc) is 2.70. The molecule has 0 aliphatic carbocycles. The van der Waals surface area contributed by atoms with E-state index in [-0.39, 0.29) is 18.0 Å². The molecule has 0 aliphatic heterocycles. The van der Waals surface area contributed by atoms with E-state index < -0.39 is 11.5 Å². The molecule has 0 radical (unpaired) electrons. The quantitative estimate of drug-likeness (QED) is 0.681. The van der Waals surface area contributed by atoms with Gasteiger partial charge in [0.05, 0.1) is 12.3 Å². The fourth-order valence-corrected chi connectivity index (χ4v) is 2.52. The Morgan fingerprint density at radius 2 is 1.82 bits per heavy atom. The fraction of sp³-hybridized carbons (Fsp3) is 0.143. The Morgan fingerprint density at radius 3 is 2.57 bits per heavy atom. The van der Waals surface area contributed by atoms with Crippen molar-refractivity contribution in [3.8, 4) is 5.75 Å². The van der Waals surface area contributed by atoms with Crippen LogP contribution in [-0.2, 0) is 6.61 Å². The van der Waals surface area contributed by atoms with Gasteiger partial charge in [0.15, 0.2) is 0 Å². The number of pyridine rings is 1. The second kappa shape index (κ2) is 8.85. The van der Waals surface area contributed by atoms with Crippen molar-refractivity contribution in [2.45, 2.75) is 13.5 Å². The van der Waals surface area contributed by atoms with E-state index in [1.807, 2.05) is 6.92 Å². The number of amides is 1. The number of carbonyl (C=O) groups excluding carboxylic acids is 1. The van der Waals surface area contributed by atoms with Crippen LogP contribution in [0.1, 0.15) is 22.8 Å². The number of ether oxygens (including phenoxy) is 1. The molecule has 1 amide bonds. The molecule has 3 aromatic rings. The monoisotopic (exact) mass is 382 g/mol. The van der Waals surface area contributed by atoms with Crippen LogP contribution in [0.25, 0.3) is 0 Å². The first-order chi connectivity index (χ1) is 13.6. The lowest BCUT2D eigenvalue weighted by atomic mass is 10.2. The molecule has 0 bridgehead atoms. The van der Waals surface area contributed by atoms with E-state index in [0.29, 0.717) is 23.6 Å². The molecule has 28 heavy (non-hydrogen) atoms. The molecule has 2 aromatic carbocycles. The molecule has 0 unspecified atom stereocenters. The van der Waals surface area contributed by atoms with Crippen LogP contribution in [0.2, 0.25) is 0 Å². The first-order valence-electron chi connectivity index (χ1n) is 8.71. The molecule has 144 valence electrons. The predicted molar refractivity (Wildman–Crippen MR) is 103 cm³/mol. The molecule has 1 N–H and O–H groups in total. The zero-order chi connectivity index (χ0) is 19.9. The highest BCUT2D eigenvalue weighted by Crippen LogP contribution is 2.23. The summed E-state index contributed by atoms with van der Waals surface area (Å²) < 4.78 is 19.4. The van der Waals surface area contributed by atoms with Gasteiger partial charge in [0, 0.05) is 6.20 Å². The summed E-state index contributed by atoms with van der Waals surface area (Å²) in [6.07, 6.45) is 1.41. The highest BCUT2D eigenvalue weighted by atomic mass is 19.1. The number of nitrogens with zero attached hydrogens (tertiary/aromatic N) is 1. The number of anilines is 1. The molecule has 3 rings (SSSR count). The lowest BCUT2D eigenvalue weighted by Crippen LogP contribution is -2.32. The second-order valence-electron chi connectivity index (χ2n) is 5.84. The predicted octanol–water partition coefficient (Wildman–Crippen LogP) is 3.27. The van der Waals surface area contributed by atoms with Crippen molar-refractivity contribution >= 4 is 11.6 Å². The molecule has 1 aromatic heterocycles. The molecule has 6 nitrogen and oxygen atoms in total. The van der Waals surface area contributed by atoms with Gasteiger partial charge in [-0.25, -0.2) is 4.39 Å². The largest absolute Gasteiger partial charge is 0.492 e. The van der Waals surface area contributed by atoms with E-state index in [9.17, 15) is 14.0 Å². The number of benzene rings is 2. The topological polar surface area (TPSA) is 69.6 Å². The Labute approximate surface area is 161 Å². The number of nitrogens with one attached hydrogen (secondary N) is 1. The first kappa shape index (κ1) is 19.2. The van der Waals surface area contributed by atoms with Gasteiger partial charge in [-0.2, -0.15) is 4.73 Å². The third-order valence-electron chi connectivity index (χ3n) is 3.88. The normalized spacial score (nSPS) is 10.4. The standard InChI is InChI=1S/C21H19FN2O4/c1-2-27-19-8-4-3-7-18(19)23-20(25)17-6-5-13-24(21(17)26)28-14-15-9-11-16(22)12-10-15/h3-13H,2,14H2,1H3,(H,23,25). The van der Waals surface area contributed by atoms with Crippen LogP contribution < -0.4 is 20.5 Å². The highest BCUT2D eigenvalue weighted by molar-refractivity contribution is 6.04. The van der Waals surface area contributed by atoms with Gasteiger partial charge < -0.3 is 14.9 Å². The third-order valence-corrected chi connectivity index (χ3v) is 3.88. The van der Waals surface area contributed by atoms with Gasteiger partial charge >= 0.3 is 0 Å². The Bertz CT molecular complexity index is 1020. The van der Waals surface area contributed by atoms with Gasteiger partial charge in [0.25, 0.3) is 11.5 Å². The summed E-state index contributed by atoms with van der Waals surface area (Å²) >= 11 is 0. The number of aromatic nitrogens is 1. The van der Waals surface area contributed by atoms with E-state index in [1.165, 1.54) is 30.5 Å². The zero-order valence-electron chi connectivity index (χ0n) is 15.2. The lowest BCUT2D eigenvalue weighted by molar-refractivity contribution is 0.0863. The number of hydrogen-bond acceptors (Lipinski definition) is 4. The van der Waals surface area contributed by atoms with Crippen molar-refractivity contribution in [3.63, 3.8) is 0 Å². The molecule has 0 atom stereocenters. The van der Waals surface area contributed by atoms with Crippen molar-refractivity contribution in [1.29, 1.82) is 0 Å². The minimum absolute atomic E-state index is 0.0540. The van der Waals surface area contributed by atoms with Crippen molar-refractivity contribution in [2.24, 2.45) is 0 Å².